The van der Waals surface area contributed by atoms with Gasteiger partial charge < -0.3 is 10.1 Å². The van der Waals surface area contributed by atoms with E-state index in [1.54, 1.807) is 30.3 Å². The fourth-order valence-corrected chi connectivity index (χ4v) is 1.83. The highest BCUT2D eigenvalue weighted by Gasteiger charge is 2.48. The summed E-state index contributed by atoms with van der Waals surface area (Å²) in [5.74, 6) is -0.556. The molecule has 0 aliphatic heterocycles. The third kappa shape index (κ3) is 5.92. The van der Waals surface area contributed by atoms with Crippen molar-refractivity contribution in [3.05, 3.63) is 35.9 Å². The number of halogens is 3. The zero-order valence-electron chi connectivity index (χ0n) is 13.2. The van der Waals surface area contributed by atoms with Crippen molar-refractivity contribution in [1.29, 1.82) is 0 Å². The van der Waals surface area contributed by atoms with Gasteiger partial charge in [-0.2, -0.15) is 13.2 Å². The normalized spacial score (nSPS) is 13.3. The smallest absolute Gasteiger partial charge is 0.408 e. The molecular formula is C16H20F3NO3. The molecule has 1 atom stereocenters. The molecule has 0 aliphatic rings. The summed E-state index contributed by atoms with van der Waals surface area (Å²) in [6.07, 6.45) is -5.95. The fraction of sp³-hybridized carbons (Fsp3) is 0.500. The summed E-state index contributed by atoms with van der Waals surface area (Å²) in [5.41, 5.74) is -1.37. The number of alkyl halides is 3. The Bertz CT molecular complexity index is 541. The average Bonchev–Trinajstić information content (AvgIpc) is 2.44. The first kappa shape index (κ1) is 19.0. The van der Waals surface area contributed by atoms with E-state index in [2.05, 4.69) is 5.32 Å². The molecule has 0 heterocycles. The summed E-state index contributed by atoms with van der Waals surface area (Å²) in [4.78, 5) is 23.2. The minimum Gasteiger partial charge on any atom is -0.445 e. The standard InChI is InChI=1S/C16H20F3NO3/c1-11(21)13(9-15(2,3)16(17,18)19)20-14(22)23-10-12-7-5-4-6-8-12/h4-8,13H,9-10H2,1-3H3,(H,20,22). The van der Waals surface area contributed by atoms with Gasteiger partial charge in [-0.25, -0.2) is 4.79 Å². The molecule has 0 aliphatic carbocycles. The first-order valence-electron chi connectivity index (χ1n) is 7.07. The zero-order valence-corrected chi connectivity index (χ0v) is 13.2. The van der Waals surface area contributed by atoms with Crippen molar-refractivity contribution in [3.63, 3.8) is 0 Å². The van der Waals surface area contributed by atoms with E-state index in [1.807, 2.05) is 0 Å². The SMILES string of the molecule is CC(=O)C(CC(C)(C)C(F)(F)F)NC(=O)OCc1ccccc1. The number of ether oxygens (including phenoxy) is 1. The van der Waals surface area contributed by atoms with Crippen LogP contribution in [0.5, 0.6) is 0 Å². The van der Waals surface area contributed by atoms with Gasteiger partial charge in [0.25, 0.3) is 0 Å². The van der Waals surface area contributed by atoms with E-state index < -0.39 is 35.9 Å². The van der Waals surface area contributed by atoms with Crippen molar-refractivity contribution in [2.45, 2.75) is 46.0 Å². The van der Waals surface area contributed by atoms with Crippen LogP contribution in [-0.4, -0.2) is 24.1 Å². The van der Waals surface area contributed by atoms with Crippen molar-refractivity contribution < 1.29 is 27.5 Å². The van der Waals surface area contributed by atoms with Crippen LogP contribution in [0, 0.1) is 5.41 Å². The van der Waals surface area contributed by atoms with Gasteiger partial charge >= 0.3 is 12.3 Å². The lowest BCUT2D eigenvalue weighted by Crippen LogP contribution is -2.46. The van der Waals surface area contributed by atoms with Crippen LogP contribution in [0.15, 0.2) is 30.3 Å². The summed E-state index contributed by atoms with van der Waals surface area (Å²) in [7, 11) is 0. The average molecular weight is 331 g/mol. The monoisotopic (exact) mass is 331 g/mol. The van der Waals surface area contributed by atoms with Gasteiger partial charge in [0.05, 0.1) is 11.5 Å². The highest BCUT2D eigenvalue weighted by Crippen LogP contribution is 2.41. The number of amides is 1. The van der Waals surface area contributed by atoms with Crippen LogP contribution in [0.4, 0.5) is 18.0 Å². The van der Waals surface area contributed by atoms with Gasteiger partial charge in [0, 0.05) is 0 Å². The summed E-state index contributed by atoms with van der Waals surface area (Å²) in [6, 6.07) is 7.55. The number of alkyl carbamates (subject to hydrolysis) is 1. The summed E-state index contributed by atoms with van der Waals surface area (Å²) >= 11 is 0. The maximum atomic E-state index is 12.9. The molecule has 7 heteroatoms. The number of carbonyl (C=O) groups is 2. The predicted octanol–water partition coefficient (Wildman–Crippen LogP) is 3.85. The third-order valence-electron chi connectivity index (χ3n) is 3.48. The van der Waals surface area contributed by atoms with Gasteiger partial charge in [-0.05, 0) is 18.9 Å². The maximum absolute atomic E-state index is 12.9. The van der Waals surface area contributed by atoms with Crippen molar-refractivity contribution in [1.82, 2.24) is 5.32 Å². The number of hydrogen-bond acceptors (Lipinski definition) is 3. The number of ketones is 1. The Morgan fingerprint density at radius 2 is 1.74 bits per heavy atom. The molecule has 23 heavy (non-hydrogen) atoms. The molecule has 1 rings (SSSR count). The van der Waals surface area contributed by atoms with E-state index in [-0.39, 0.29) is 6.61 Å². The quantitative estimate of drug-likeness (QED) is 0.861. The van der Waals surface area contributed by atoms with Gasteiger partial charge in [0.2, 0.25) is 0 Å². The van der Waals surface area contributed by atoms with Crippen LogP contribution in [-0.2, 0) is 16.1 Å². The molecule has 1 amide bonds. The van der Waals surface area contributed by atoms with E-state index in [4.69, 9.17) is 4.74 Å². The molecule has 1 aromatic carbocycles. The van der Waals surface area contributed by atoms with Gasteiger partial charge in [-0.15, -0.1) is 0 Å². The lowest BCUT2D eigenvalue weighted by Gasteiger charge is -2.31. The van der Waals surface area contributed by atoms with E-state index >= 15 is 0 Å². The first-order valence-corrected chi connectivity index (χ1v) is 7.07. The second-order valence-corrected chi connectivity index (χ2v) is 5.96. The molecule has 0 fully saturated rings. The van der Waals surface area contributed by atoms with Crippen LogP contribution in [0.3, 0.4) is 0 Å². The van der Waals surface area contributed by atoms with Crippen molar-refractivity contribution >= 4 is 11.9 Å². The molecule has 0 saturated carbocycles. The van der Waals surface area contributed by atoms with Gasteiger partial charge in [0.15, 0.2) is 5.78 Å². The third-order valence-corrected chi connectivity index (χ3v) is 3.48. The van der Waals surface area contributed by atoms with E-state index in [0.29, 0.717) is 0 Å². The number of hydrogen-bond donors (Lipinski definition) is 1. The fourth-order valence-electron chi connectivity index (χ4n) is 1.83. The number of carbonyl (C=O) groups excluding carboxylic acids is 2. The molecule has 4 nitrogen and oxygen atoms in total. The second kappa shape index (κ2) is 7.48. The Kier molecular flexibility index (Phi) is 6.18. The Morgan fingerprint density at radius 1 is 1.17 bits per heavy atom. The van der Waals surface area contributed by atoms with Crippen molar-refractivity contribution in [2.75, 3.05) is 0 Å². The van der Waals surface area contributed by atoms with E-state index in [9.17, 15) is 22.8 Å². The lowest BCUT2D eigenvalue weighted by molar-refractivity contribution is -0.215. The predicted molar refractivity (Wildman–Crippen MR) is 78.7 cm³/mol. The minimum atomic E-state index is -4.48. The number of benzene rings is 1. The molecule has 0 aromatic heterocycles. The Labute approximate surface area is 133 Å². The number of Topliss-reactive ketones (excluding diaryl/α,β-unsaturated/α-hetero) is 1. The number of rotatable bonds is 6. The molecule has 0 bridgehead atoms. The Morgan fingerprint density at radius 3 is 2.22 bits per heavy atom. The highest BCUT2D eigenvalue weighted by molar-refractivity contribution is 5.85. The lowest BCUT2D eigenvalue weighted by atomic mass is 9.84. The largest absolute Gasteiger partial charge is 0.445 e. The molecule has 0 saturated heterocycles. The van der Waals surface area contributed by atoms with Gasteiger partial charge in [-0.3, -0.25) is 4.79 Å². The second-order valence-electron chi connectivity index (χ2n) is 5.96. The van der Waals surface area contributed by atoms with Crippen LogP contribution < -0.4 is 5.32 Å². The highest BCUT2D eigenvalue weighted by atomic mass is 19.4. The van der Waals surface area contributed by atoms with Gasteiger partial charge in [0.1, 0.15) is 6.61 Å². The molecule has 0 radical (unpaired) electrons. The van der Waals surface area contributed by atoms with Crippen LogP contribution in [0.1, 0.15) is 32.8 Å². The summed E-state index contributed by atoms with van der Waals surface area (Å²) in [5, 5.41) is 2.20. The van der Waals surface area contributed by atoms with Gasteiger partial charge in [-0.1, -0.05) is 44.2 Å². The topological polar surface area (TPSA) is 55.4 Å². The first-order chi connectivity index (χ1) is 10.5. The van der Waals surface area contributed by atoms with E-state index in [0.717, 1.165) is 26.3 Å². The van der Waals surface area contributed by atoms with Crippen molar-refractivity contribution in [2.24, 2.45) is 5.41 Å². The number of nitrogens with one attached hydrogen (secondary N) is 1. The maximum Gasteiger partial charge on any atom is 0.408 e. The van der Waals surface area contributed by atoms with Crippen LogP contribution in [0.25, 0.3) is 0 Å². The molecule has 1 unspecified atom stereocenters. The minimum absolute atomic E-state index is 0.0278. The molecule has 1 N–H and O–H groups in total. The van der Waals surface area contributed by atoms with Crippen LogP contribution >= 0.6 is 0 Å². The van der Waals surface area contributed by atoms with E-state index in [1.165, 1.54) is 0 Å². The zero-order chi connectivity index (χ0) is 17.7. The van der Waals surface area contributed by atoms with Crippen molar-refractivity contribution in [3.8, 4) is 0 Å². The molecule has 0 spiro atoms. The molecule has 128 valence electrons. The Balaban J connectivity index is 2.62. The Hall–Kier alpha value is -2.05. The summed E-state index contributed by atoms with van der Waals surface area (Å²) in [6.45, 7) is 3.08. The van der Waals surface area contributed by atoms with Crippen LogP contribution in [0.2, 0.25) is 0 Å². The molecule has 1 aromatic rings. The molecular weight excluding hydrogens is 311 g/mol. The summed E-state index contributed by atoms with van der Waals surface area (Å²) < 4.78 is 43.7.